The van der Waals surface area contributed by atoms with E-state index in [0.717, 1.165) is 17.1 Å². The number of hydrogen-bond donors (Lipinski definition) is 0. The minimum Gasteiger partial charge on any atom is -0.310 e. The second-order valence-corrected chi connectivity index (χ2v) is 20.4. The summed E-state index contributed by atoms with van der Waals surface area (Å²) in [6.45, 7) is 9.60. The van der Waals surface area contributed by atoms with Gasteiger partial charge in [0.15, 0.2) is 0 Å². The number of anilines is 3. The summed E-state index contributed by atoms with van der Waals surface area (Å²) in [7, 11) is 0. The highest BCUT2D eigenvalue weighted by Crippen LogP contribution is 2.54. The summed E-state index contributed by atoms with van der Waals surface area (Å²) in [5.41, 5.74) is 21.3. The van der Waals surface area contributed by atoms with Crippen molar-refractivity contribution in [2.75, 3.05) is 4.90 Å². The molecule has 1 nitrogen and oxygen atoms in total. The molecule has 2 heteroatoms. The predicted octanol–water partition coefficient (Wildman–Crippen LogP) is 18.3. The molecule has 2 aliphatic carbocycles. The highest BCUT2D eigenvalue weighted by atomic mass is 32.1. The first-order chi connectivity index (χ1) is 32.2. The summed E-state index contributed by atoms with van der Waals surface area (Å²) in [4.78, 5) is 2.48. The van der Waals surface area contributed by atoms with Crippen LogP contribution in [-0.4, -0.2) is 0 Å². The molecule has 0 saturated heterocycles. The largest absolute Gasteiger partial charge is 0.310 e. The molecule has 0 spiro atoms. The van der Waals surface area contributed by atoms with Gasteiger partial charge in [0.05, 0.1) is 0 Å². The molecule has 0 amide bonds. The summed E-state index contributed by atoms with van der Waals surface area (Å²) in [5.74, 6) is 0. The highest BCUT2D eigenvalue weighted by Gasteiger charge is 2.38. The van der Waals surface area contributed by atoms with Gasteiger partial charge in [-0.25, -0.2) is 0 Å². The smallest absolute Gasteiger partial charge is 0.0465 e. The van der Waals surface area contributed by atoms with Crippen molar-refractivity contribution in [3.8, 4) is 55.6 Å². The first-order valence-electron chi connectivity index (χ1n) is 23.2. The van der Waals surface area contributed by atoms with Gasteiger partial charge >= 0.3 is 0 Å². The Kier molecular flexibility index (Phi) is 8.54. The van der Waals surface area contributed by atoms with Gasteiger partial charge in [-0.1, -0.05) is 173 Å². The molecule has 0 bridgehead atoms. The molecule has 1 aromatic heterocycles. The van der Waals surface area contributed by atoms with E-state index in [-0.39, 0.29) is 10.8 Å². The van der Waals surface area contributed by atoms with E-state index in [9.17, 15) is 0 Å². The minimum absolute atomic E-state index is 0.185. The molecule has 0 unspecified atom stereocenters. The molecule has 66 heavy (non-hydrogen) atoms. The monoisotopic (exact) mass is 861 g/mol. The van der Waals surface area contributed by atoms with Crippen molar-refractivity contribution in [3.05, 3.63) is 235 Å². The van der Waals surface area contributed by atoms with Gasteiger partial charge in [-0.2, -0.15) is 0 Å². The lowest BCUT2D eigenvalue weighted by molar-refractivity contribution is 0.660. The lowest BCUT2D eigenvalue weighted by Gasteiger charge is -2.30. The fourth-order valence-electron chi connectivity index (χ4n) is 11.3. The summed E-state index contributed by atoms with van der Waals surface area (Å²) in [5, 5.41) is 5.19. The zero-order chi connectivity index (χ0) is 44.3. The molecule has 13 rings (SSSR count). The van der Waals surface area contributed by atoms with E-state index < -0.39 is 0 Å². The standard InChI is InChI=1S/C64H47NS/c1-63(2)57-36-44(40-13-6-5-7-14-40)23-30-51(57)53-32-28-47(38-59(53)63)65(46-26-21-42(22-27-46)50-19-12-16-41-15-8-9-17-49(41)50)48-29-33-54-52-31-24-45(37-58(52)64(3,4)60(54)39-48)43-25-34-62-56(35-43)55-18-10-11-20-61(55)66-62/h5-39H,1-4H3. The van der Waals surface area contributed by atoms with Gasteiger partial charge in [-0.15, -0.1) is 11.3 Å². The Morgan fingerprint density at radius 3 is 1.44 bits per heavy atom. The van der Waals surface area contributed by atoms with Crippen LogP contribution < -0.4 is 4.90 Å². The van der Waals surface area contributed by atoms with Gasteiger partial charge in [0.2, 0.25) is 0 Å². The normalized spacial score (nSPS) is 14.0. The minimum atomic E-state index is -0.211. The maximum atomic E-state index is 2.48. The van der Waals surface area contributed by atoms with Crippen molar-refractivity contribution in [1.29, 1.82) is 0 Å². The Morgan fingerprint density at radius 2 is 0.773 bits per heavy atom. The molecule has 10 aromatic carbocycles. The van der Waals surface area contributed by atoms with E-state index in [1.165, 1.54) is 109 Å². The van der Waals surface area contributed by atoms with Gasteiger partial charge in [0.1, 0.15) is 0 Å². The third-order valence-electron chi connectivity index (χ3n) is 14.9. The maximum Gasteiger partial charge on any atom is 0.0465 e. The van der Waals surface area contributed by atoms with Gasteiger partial charge in [-0.05, 0) is 155 Å². The third kappa shape index (κ3) is 5.91. The highest BCUT2D eigenvalue weighted by molar-refractivity contribution is 7.25. The maximum absolute atomic E-state index is 2.48. The van der Waals surface area contributed by atoms with Crippen molar-refractivity contribution in [1.82, 2.24) is 0 Å². The molecular weight excluding hydrogens is 815 g/mol. The van der Waals surface area contributed by atoms with Gasteiger partial charge in [0.25, 0.3) is 0 Å². The molecule has 1 heterocycles. The number of benzene rings is 10. The molecule has 314 valence electrons. The summed E-state index contributed by atoms with van der Waals surface area (Å²) in [6, 6.07) is 79.6. The van der Waals surface area contributed by atoms with E-state index in [0.29, 0.717) is 0 Å². The van der Waals surface area contributed by atoms with E-state index in [1.54, 1.807) is 0 Å². The summed E-state index contributed by atoms with van der Waals surface area (Å²) < 4.78 is 2.68. The number of fused-ring (bicyclic) bond motifs is 10. The first-order valence-corrected chi connectivity index (χ1v) is 24.0. The Hall–Kier alpha value is -7.52. The van der Waals surface area contributed by atoms with E-state index in [1.807, 2.05) is 11.3 Å². The second kappa shape index (κ2) is 14.5. The lowest BCUT2D eigenvalue weighted by Crippen LogP contribution is -2.18. The molecule has 0 fully saturated rings. The Bertz CT molecular complexity index is 3750. The molecule has 0 saturated carbocycles. The van der Waals surface area contributed by atoms with Crippen LogP contribution in [0.4, 0.5) is 17.1 Å². The van der Waals surface area contributed by atoms with Crippen molar-refractivity contribution < 1.29 is 0 Å². The number of nitrogens with zero attached hydrogens (tertiary/aromatic N) is 1. The van der Waals surface area contributed by atoms with Crippen LogP contribution >= 0.6 is 11.3 Å². The Labute approximate surface area is 390 Å². The Morgan fingerprint density at radius 1 is 0.303 bits per heavy atom. The van der Waals surface area contributed by atoms with Gasteiger partial charge < -0.3 is 4.90 Å². The first kappa shape index (κ1) is 38.9. The van der Waals surface area contributed by atoms with E-state index in [4.69, 9.17) is 0 Å². The van der Waals surface area contributed by atoms with Crippen molar-refractivity contribution in [3.63, 3.8) is 0 Å². The fourth-order valence-corrected chi connectivity index (χ4v) is 12.4. The molecule has 0 radical (unpaired) electrons. The van der Waals surface area contributed by atoms with E-state index in [2.05, 4.69) is 245 Å². The quantitative estimate of drug-likeness (QED) is 0.161. The van der Waals surface area contributed by atoms with Crippen LogP contribution in [0, 0.1) is 0 Å². The number of thiophene rings is 1. The van der Waals surface area contributed by atoms with Crippen LogP contribution in [0.3, 0.4) is 0 Å². The summed E-state index contributed by atoms with van der Waals surface area (Å²) >= 11 is 1.88. The molecule has 0 N–H and O–H groups in total. The van der Waals surface area contributed by atoms with Crippen molar-refractivity contribution in [2.45, 2.75) is 38.5 Å². The zero-order valence-electron chi connectivity index (χ0n) is 37.6. The predicted molar refractivity (Wildman–Crippen MR) is 283 cm³/mol. The SMILES string of the molecule is CC1(C)c2cc(-c3ccccc3)ccc2-c2ccc(N(c3ccc(-c4cccc5ccccc45)cc3)c3ccc4c(c3)C(C)(C)c3cc(-c5ccc6sc7ccccc7c6c5)ccc3-4)cc21. The van der Waals surface area contributed by atoms with Gasteiger partial charge in [-0.3, -0.25) is 0 Å². The number of hydrogen-bond acceptors (Lipinski definition) is 2. The zero-order valence-corrected chi connectivity index (χ0v) is 38.4. The van der Waals surface area contributed by atoms with Crippen LogP contribution in [0.25, 0.3) is 86.6 Å². The van der Waals surface area contributed by atoms with E-state index >= 15 is 0 Å². The molecule has 0 aliphatic heterocycles. The molecular formula is C64H47NS. The fraction of sp³-hybridized carbons (Fsp3) is 0.0938. The Balaban J connectivity index is 0.920. The van der Waals surface area contributed by atoms with Crippen LogP contribution in [0.15, 0.2) is 212 Å². The van der Waals surface area contributed by atoms with Crippen LogP contribution in [0.5, 0.6) is 0 Å². The average molecular weight is 862 g/mol. The average Bonchev–Trinajstić information content (AvgIpc) is 3.93. The molecule has 11 aromatic rings. The van der Waals surface area contributed by atoms with Crippen molar-refractivity contribution in [2.24, 2.45) is 0 Å². The lowest BCUT2D eigenvalue weighted by atomic mass is 9.81. The van der Waals surface area contributed by atoms with Gasteiger partial charge in [0, 0.05) is 48.1 Å². The van der Waals surface area contributed by atoms with Crippen LogP contribution in [0.1, 0.15) is 49.9 Å². The third-order valence-corrected chi connectivity index (χ3v) is 16.0. The summed E-state index contributed by atoms with van der Waals surface area (Å²) in [6.07, 6.45) is 0. The van der Waals surface area contributed by atoms with Crippen LogP contribution in [-0.2, 0) is 10.8 Å². The second-order valence-electron chi connectivity index (χ2n) is 19.3. The van der Waals surface area contributed by atoms with Crippen molar-refractivity contribution >= 4 is 59.3 Å². The number of rotatable bonds is 6. The molecule has 2 aliphatic rings. The van der Waals surface area contributed by atoms with Crippen LogP contribution in [0.2, 0.25) is 0 Å². The molecule has 0 atom stereocenters. The topological polar surface area (TPSA) is 3.24 Å².